The summed E-state index contributed by atoms with van der Waals surface area (Å²) in [4.78, 5) is 0. The number of hydrogen-bond donors (Lipinski definition) is 0. The van der Waals surface area contributed by atoms with E-state index in [0.29, 0.717) is 0 Å². The van der Waals surface area contributed by atoms with Crippen molar-refractivity contribution < 1.29 is 43.9 Å². The number of aryl methyl sites for hydroxylation is 6. The Kier molecular flexibility index (Phi) is 12.4. The quantitative estimate of drug-likeness (QED) is 0.0376. The minimum atomic E-state index is -2.90. The van der Waals surface area contributed by atoms with Gasteiger partial charge in [0.2, 0.25) is 0 Å². The van der Waals surface area contributed by atoms with E-state index in [4.69, 9.17) is 0 Å². The van der Waals surface area contributed by atoms with E-state index < -0.39 is 91.8 Å². The smallest absolute Gasteiger partial charge is 0.204 e. The highest BCUT2D eigenvalue weighted by Gasteiger charge is 2.44. The van der Waals surface area contributed by atoms with Crippen molar-refractivity contribution in [2.24, 2.45) is 0 Å². The Balaban J connectivity index is 2.23. The van der Waals surface area contributed by atoms with Crippen LogP contribution < -0.4 is 21.5 Å². The lowest BCUT2D eigenvalue weighted by Gasteiger charge is -2.33. The number of allylic oxidation sites excluding steroid dienone is 3. The molecule has 0 aliphatic heterocycles. The van der Waals surface area contributed by atoms with Crippen molar-refractivity contribution in [1.82, 2.24) is 0 Å². The van der Waals surface area contributed by atoms with E-state index in [1.165, 1.54) is 6.92 Å². The number of hydrogen-bond acceptors (Lipinski definition) is 0. The van der Waals surface area contributed by atoms with Crippen molar-refractivity contribution in [1.29, 1.82) is 0 Å². The van der Waals surface area contributed by atoms with Crippen molar-refractivity contribution in [2.75, 3.05) is 6.16 Å². The first-order valence-corrected chi connectivity index (χ1v) is 21.8. The summed E-state index contributed by atoms with van der Waals surface area (Å²) in [6, 6.07) is 7.95. The molecule has 0 atom stereocenters. The van der Waals surface area contributed by atoms with Crippen LogP contribution in [-0.2, 0) is 0 Å². The van der Waals surface area contributed by atoms with Crippen LogP contribution in [0.2, 0.25) is 19.6 Å². The van der Waals surface area contributed by atoms with E-state index in [1.807, 2.05) is 65.8 Å². The Morgan fingerprint density at radius 2 is 0.830 bits per heavy atom. The van der Waals surface area contributed by atoms with Crippen LogP contribution in [0.4, 0.5) is 43.9 Å². The number of rotatable bonds is 10. The third kappa shape index (κ3) is 7.81. The third-order valence-corrected chi connectivity index (χ3v) is 14.7. The first kappa shape index (κ1) is 42.1. The maximum atomic E-state index is 16.0. The van der Waals surface area contributed by atoms with Crippen LogP contribution >= 0.6 is 7.92 Å². The summed E-state index contributed by atoms with van der Waals surface area (Å²) >= 11 is 0. The standard InChI is InChI=1S/C40H40BF10PSi/c1-18(2)40(53(9,10)11)25(12-13-52(38-21(5)14-19(3)15-22(38)6)39-23(7)16-20(4)17-24(39)8)41(26-28(42)32(46)36(50)33(47)29(26)43)27-30(44)34(48)37(51)35(49)31(27)45/h14-17H,1,12-13H2,2-11H3/b40-25+. The number of benzene rings is 4. The Morgan fingerprint density at radius 1 is 0.547 bits per heavy atom. The van der Waals surface area contributed by atoms with Crippen molar-refractivity contribution in [2.45, 2.75) is 74.5 Å². The minimum absolute atomic E-state index is 0.0999. The summed E-state index contributed by atoms with van der Waals surface area (Å²) in [6.07, 6.45) is -0.204. The van der Waals surface area contributed by atoms with Crippen LogP contribution in [0.1, 0.15) is 46.7 Å². The van der Waals surface area contributed by atoms with Gasteiger partial charge in [-0.3, -0.25) is 0 Å². The van der Waals surface area contributed by atoms with Gasteiger partial charge in [0, 0.05) is 10.9 Å². The molecule has 0 bridgehead atoms. The SMILES string of the molecule is C=C(C)/C(=C(/CCP(c1c(C)cc(C)cc1C)c1c(C)cc(C)cc1C)B(c1c(F)c(F)c(F)c(F)c1F)c1c(F)c(F)c(F)c(F)c1F)[Si](C)(C)C. The maximum Gasteiger partial charge on any atom is 0.253 e. The van der Waals surface area contributed by atoms with E-state index in [2.05, 4.69) is 6.58 Å². The summed E-state index contributed by atoms with van der Waals surface area (Å²) in [5.74, 6) is -24.7. The van der Waals surface area contributed by atoms with Gasteiger partial charge in [-0.05, 0) is 102 Å². The summed E-state index contributed by atoms with van der Waals surface area (Å²) in [5, 5.41) is 2.11. The van der Waals surface area contributed by atoms with E-state index in [0.717, 1.165) is 44.0 Å². The monoisotopic (exact) mass is 780 g/mol. The molecule has 0 nitrogen and oxygen atoms in total. The molecule has 0 saturated heterocycles. The lowest BCUT2D eigenvalue weighted by Crippen LogP contribution is -2.53. The Bertz CT molecular complexity index is 1960. The van der Waals surface area contributed by atoms with Gasteiger partial charge in [0.1, 0.15) is 0 Å². The largest absolute Gasteiger partial charge is 0.253 e. The summed E-state index contributed by atoms with van der Waals surface area (Å²) in [6.45, 7) is 19.7. The molecule has 0 amide bonds. The van der Waals surface area contributed by atoms with Crippen LogP contribution in [0.3, 0.4) is 0 Å². The van der Waals surface area contributed by atoms with Gasteiger partial charge in [-0.25, -0.2) is 43.9 Å². The fourth-order valence-electron chi connectivity index (χ4n) is 7.82. The van der Waals surface area contributed by atoms with Crippen molar-refractivity contribution in [3.05, 3.63) is 139 Å². The summed E-state index contributed by atoms with van der Waals surface area (Å²) in [5.41, 5.74) is 2.17. The summed E-state index contributed by atoms with van der Waals surface area (Å²) in [7, 11) is -4.34. The normalized spacial score (nSPS) is 12.5. The fourth-order valence-corrected chi connectivity index (χ4v) is 13.4. The van der Waals surface area contributed by atoms with Crippen molar-refractivity contribution >= 4 is 44.2 Å². The average molecular weight is 781 g/mol. The molecule has 0 N–H and O–H groups in total. The molecular weight excluding hydrogens is 740 g/mol. The van der Waals surface area contributed by atoms with Gasteiger partial charge < -0.3 is 0 Å². The molecule has 13 heteroatoms. The van der Waals surface area contributed by atoms with Gasteiger partial charge in [-0.15, -0.1) is 0 Å². The molecule has 0 spiro atoms. The highest BCUT2D eigenvalue weighted by Crippen LogP contribution is 2.42. The fraction of sp³-hybridized carbons (Fsp3) is 0.300. The van der Waals surface area contributed by atoms with Crippen molar-refractivity contribution in [3.63, 3.8) is 0 Å². The Morgan fingerprint density at radius 3 is 1.09 bits per heavy atom. The zero-order chi connectivity index (χ0) is 40.2. The van der Waals surface area contributed by atoms with Gasteiger partial charge in [0.25, 0.3) is 6.71 Å². The van der Waals surface area contributed by atoms with E-state index in [-0.39, 0.29) is 28.8 Å². The lowest BCUT2D eigenvalue weighted by molar-refractivity contribution is 0.382. The van der Waals surface area contributed by atoms with Crippen LogP contribution in [0.25, 0.3) is 0 Å². The second-order valence-electron chi connectivity index (χ2n) is 14.7. The van der Waals surface area contributed by atoms with E-state index in [9.17, 15) is 8.78 Å². The van der Waals surface area contributed by atoms with Gasteiger partial charge in [-0.2, -0.15) is 0 Å². The highest BCUT2D eigenvalue weighted by molar-refractivity contribution is 7.73. The Labute approximate surface area is 306 Å². The number of halogens is 10. The van der Waals surface area contributed by atoms with Crippen LogP contribution in [0.5, 0.6) is 0 Å². The van der Waals surface area contributed by atoms with Gasteiger partial charge in [0.15, 0.2) is 58.2 Å². The van der Waals surface area contributed by atoms with Gasteiger partial charge in [-0.1, -0.05) is 77.9 Å². The molecule has 0 saturated carbocycles. The second kappa shape index (κ2) is 15.6. The van der Waals surface area contributed by atoms with Gasteiger partial charge >= 0.3 is 0 Å². The molecular formula is C40H40BF10PSi. The maximum absolute atomic E-state index is 16.0. The van der Waals surface area contributed by atoms with Crippen LogP contribution in [0, 0.1) is 99.7 Å². The molecule has 4 aromatic carbocycles. The molecule has 0 heterocycles. The van der Waals surface area contributed by atoms with Crippen molar-refractivity contribution in [3.8, 4) is 0 Å². The van der Waals surface area contributed by atoms with Crippen LogP contribution in [0.15, 0.2) is 47.1 Å². The summed E-state index contributed by atoms with van der Waals surface area (Å²) < 4.78 is 153. The zero-order valence-electron chi connectivity index (χ0n) is 31.2. The molecule has 0 fully saturated rings. The van der Waals surface area contributed by atoms with Crippen LogP contribution in [-0.4, -0.2) is 20.9 Å². The van der Waals surface area contributed by atoms with E-state index in [1.54, 1.807) is 19.6 Å². The highest BCUT2D eigenvalue weighted by atomic mass is 31.1. The molecule has 0 aliphatic rings. The molecule has 0 aromatic heterocycles. The first-order chi connectivity index (χ1) is 24.4. The lowest BCUT2D eigenvalue weighted by atomic mass is 9.35. The molecule has 0 aliphatic carbocycles. The molecule has 0 unspecified atom stereocenters. The molecule has 282 valence electrons. The third-order valence-electron chi connectivity index (χ3n) is 9.33. The Hall–Kier alpha value is -3.63. The average Bonchev–Trinajstić information content (AvgIpc) is 3.03. The predicted octanol–water partition coefficient (Wildman–Crippen LogP) is 10.3. The van der Waals surface area contributed by atoms with Gasteiger partial charge in [0.05, 0.1) is 8.07 Å². The molecule has 4 rings (SSSR count). The molecule has 0 radical (unpaired) electrons. The van der Waals surface area contributed by atoms with E-state index >= 15 is 35.1 Å². The molecule has 53 heavy (non-hydrogen) atoms. The minimum Gasteiger partial charge on any atom is -0.204 e. The first-order valence-electron chi connectivity index (χ1n) is 16.8. The predicted molar refractivity (Wildman–Crippen MR) is 200 cm³/mol. The second-order valence-corrected chi connectivity index (χ2v) is 21.9. The topological polar surface area (TPSA) is 0 Å². The molecule has 4 aromatic rings. The zero-order valence-corrected chi connectivity index (χ0v) is 33.1.